The molecule has 0 radical (unpaired) electrons. The highest BCUT2D eigenvalue weighted by Crippen LogP contribution is 2.32. The van der Waals surface area contributed by atoms with E-state index in [0.29, 0.717) is 24.7 Å². The van der Waals surface area contributed by atoms with Crippen molar-refractivity contribution in [3.63, 3.8) is 0 Å². The van der Waals surface area contributed by atoms with Crippen molar-refractivity contribution in [2.75, 3.05) is 13.1 Å². The minimum Gasteiger partial charge on any atom is -0.388 e. The summed E-state index contributed by atoms with van der Waals surface area (Å²) in [7, 11) is 0. The van der Waals surface area contributed by atoms with Crippen LogP contribution < -0.4 is 10.6 Å². The van der Waals surface area contributed by atoms with Crippen LogP contribution in [0.1, 0.15) is 50.7 Å². The van der Waals surface area contributed by atoms with E-state index < -0.39 is 5.60 Å². The quantitative estimate of drug-likeness (QED) is 0.740. The van der Waals surface area contributed by atoms with Gasteiger partial charge >= 0.3 is 6.03 Å². The van der Waals surface area contributed by atoms with E-state index in [1.165, 1.54) is 6.42 Å². The van der Waals surface area contributed by atoms with Crippen molar-refractivity contribution in [1.82, 2.24) is 20.8 Å². The van der Waals surface area contributed by atoms with Gasteiger partial charge in [0.15, 0.2) is 5.82 Å². The molecule has 0 saturated heterocycles. The molecule has 2 amide bonds. The number of nitrogens with zero attached hydrogens (tertiary/aromatic N) is 2. The summed E-state index contributed by atoms with van der Waals surface area (Å²) in [5.74, 6) is 1.36. The lowest BCUT2D eigenvalue weighted by Crippen LogP contribution is -2.49. The third kappa shape index (κ3) is 4.98. The average Bonchev–Trinajstić information content (AvgIpc) is 2.92. The van der Waals surface area contributed by atoms with E-state index >= 15 is 0 Å². The van der Waals surface area contributed by atoms with E-state index in [9.17, 15) is 9.90 Å². The van der Waals surface area contributed by atoms with E-state index in [4.69, 9.17) is 4.52 Å². The van der Waals surface area contributed by atoms with Gasteiger partial charge in [0.1, 0.15) is 0 Å². The number of aromatic nitrogens is 2. The van der Waals surface area contributed by atoms with E-state index in [0.717, 1.165) is 25.7 Å². The number of hydrogen-bond donors (Lipinski definition) is 3. The van der Waals surface area contributed by atoms with Crippen molar-refractivity contribution in [1.29, 1.82) is 0 Å². The highest BCUT2D eigenvalue weighted by atomic mass is 16.5. The summed E-state index contributed by atoms with van der Waals surface area (Å²) in [5.41, 5.74) is -0.846. The molecule has 7 nitrogen and oxygen atoms in total. The van der Waals surface area contributed by atoms with Crippen LogP contribution in [0.4, 0.5) is 4.79 Å². The smallest absolute Gasteiger partial charge is 0.314 e. The maximum atomic E-state index is 11.8. The number of urea groups is 1. The number of aryl methyl sites for hydroxylation is 1. The fourth-order valence-electron chi connectivity index (χ4n) is 2.92. The normalized spacial score (nSPS) is 18.7. The second-order valence-corrected chi connectivity index (χ2v) is 6.29. The van der Waals surface area contributed by atoms with Gasteiger partial charge in [-0.1, -0.05) is 24.4 Å². The van der Waals surface area contributed by atoms with Gasteiger partial charge in [-0.05, 0) is 32.6 Å². The predicted octanol–water partition coefficient (Wildman–Crippen LogP) is 1.55. The van der Waals surface area contributed by atoms with Crippen LogP contribution in [-0.2, 0) is 6.42 Å². The fraction of sp³-hybridized carbons (Fsp3) is 0.800. The molecule has 124 valence electrons. The molecule has 0 spiro atoms. The molecule has 2 rings (SSSR count). The molecule has 1 aromatic rings. The lowest BCUT2D eigenvalue weighted by molar-refractivity contribution is -0.0130. The molecule has 22 heavy (non-hydrogen) atoms. The number of amides is 2. The first-order chi connectivity index (χ1) is 10.5. The van der Waals surface area contributed by atoms with Gasteiger partial charge in [0, 0.05) is 19.5 Å². The zero-order chi connectivity index (χ0) is 16.0. The van der Waals surface area contributed by atoms with Crippen molar-refractivity contribution < 1.29 is 14.4 Å². The highest BCUT2D eigenvalue weighted by molar-refractivity contribution is 5.73. The van der Waals surface area contributed by atoms with Crippen LogP contribution >= 0.6 is 0 Å². The summed E-state index contributed by atoms with van der Waals surface area (Å²) in [4.78, 5) is 15.8. The zero-order valence-corrected chi connectivity index (χ0v) is 13.4. The van der Waals surface area contributed by atoms with Crippen LogP contribution in [0, 0.1) is 12.8 Å². The van der Waals surface area contributed by atoms with Gasteiger partial charge in [-0.25, -0.2) is 4.79 Å². The van der Waals surface area contributed by atoms with Crippen LogP contribution in [0.3, 0.4) is 0 Å². The molecule has 1 aliphatic rings. The van der Waals surface area contributed by atoms with Gasteiger partial charge in [0.05, 0.1) is 5.60 Å². The number of hydrogen-bond acceptors (Lipinski definition) is 5. The first-order valence-electron chi connectivity index (χ1n) is 8.00. The molecule has 7 heteroatoms. The second-order valence-electron chi connectivity index (χ2n) is 6.29. The summed E-state index contributed by atoms with van der Waals surface area (Å²) in [6.07, 6.45) is 6.13. The molecule has 0 bridgehead atoms. The molecule has 0 unspecified atom stereocenters. The number of rotatable bonds is 6. The standard InChI is InChI=1S/C15H26N4O3/c1-11-18-13(22-19-11)8-9-16-14(20)17-10-15(2,21)12-6-4-3-5-7-12/h12,21H,3-10H2,1-2H3,(H2,16,17,20)/t15-/m1/s1. The second kappa shape index (κ2) is 7.58. The maximum absolute atomic E-state index is 11.8. The van der Waals surface area contributed by atoms with Crippen molar-refractivity contribution in [2.24, 2.45) is 5.92 Å². The number of aliphatic hydroxyl groups is 1. The van der Waals surface area contributed by atoms with E-state index in [2.05, 4.69) is 20.8 Å². The van der Waals surface area contributed by atoms with Gasteiger partial charge in [-0.3, -0.25) is 0 Å². The van der Waals surface area contributed by atoms with E-state index in [1.807, 2.05) is 6.92 Å². The van der Waals surface area contributed by atoms with Crippen molar-refractivity contribution in [2.45, 2.75) is 58.0 Å². The molecular weight excluding hydrogens is 284 g/mol. The lowest BCUT2D eigenvalue weighted by Gasteiger charge is -2.35. The molecule has 3 N–H and O–H groups in total. The Balaban J connectivity index is 1.66. The van der Waals surface area contributed by atoms with Gasteiger partial charge < -0.3 is 20.3 Å². The highest BCUT2D eigenvalue weighted by Gasteiger charge is 2.32. The van der Waals surface area contributed by atoms with Crippen LogP contribution in [0.15, 0.2) is 4.52 Å². The topological polar surface area (TPSA) is 100 Å². The van der Waals surface area contributed by atoms with Crippen LogP contribution in [0.5, 0.6) is 0 Å². The molecule has 1 heterocycles. The first kappa shape index (κ1) is 16.7. The number of nitrogens with one attached hydrogen (secondary N) is 2. The number of carbonyl (C=O) groups is 1. The Morgan fingerprint density at radius 3 is 2.73 bits per heavy atom. The Kier molecular flexibility index (Phi) is 5.76. The molecule has 1 saturated carbocycles. The van der Waals surface area contributed by atoms with Gasteiger partial charge in [-0.2, -0.15) is 4.98 Å². The molecule has 0 aromatic carbocycles. The Labute approximate surface area is 130 Å². The third-order valence-corrected chi connectivity index (χ3v) is 4.29. The van der Waals surface area contributed by atoms with E-state index in [1.54, 1.807) is 6.92 Å². The Morgan fingerprint density at radius 2 is 2.09 bits per heavy atom. The SMILES string of the molecule is Cc1noc(CCNC(=O)NC[C@@](C)(O)C2CCCCC2)n1. The zero-order valence-electron chi connectivity index (χ0n) is 13.4. The molecule has 0 aliphatic heterocycles. The van der Waals surface area contributed by atoms with Crippen molar-refractivity contribution in [3.8, 4) is 0 Å². The monoisotopic (exact) mass is 310 g/mol. The molecule has 1 aromatic heterocycles. The summed E-state index contributed by atoms with van der Waals surface area (Å²) in [6, 6.07) is -0.285. The van der Waals surface area contributed by atoms with E-state index in [-0.39, 0.29) is 18.5 Å². The maximum Gasteiger partial charge on any atom is 0.314 e. The number of carbonyl (C=O) groups excluding carboxylic acids is 1. The van der Waals surface area contributed by atoms with Crippen LogP contribution in [0.25, 0.3) is 0 Å². The Bertz CT molecular complexity index is 481. The van der Waals surface area contributed by atoms with Crippen molar-refractivity contribution in [3.05, 3.63) is 11.7 Å². The summed E-state index contributed by atoms with van der Waals surface area (Å²) < 4.78 is 4.97. The van der Waals surface area contributed by atoms with Crippen LogP contribution in [0.2, 0.25) is 0 Å². The minimum absolute atomic E-state index is 0.267. The molecule has 1 atom stereocenters. The summed E-state index contributed by atoms with van der Waals surface area (Å²) >= 11 is 0. The predicted molar refractivity (Wildman–Crippen MR) is 81.3 cm³/mol. The minimum atomic E-state index is -0.846. The molecule has 1 fully saturated rings. The lowest BCUT2D eigenvalue weighted by atomic mass is 9.78. The fourth-order valence-corrected chi connectivity index (χ4v) is 2.92. The Morgan fingerprint density at radius 1 is 1.36 bits per heavy atom. The van der Waals surface area contributed by atoms with Crippen molar-refractivity contribution >= 4 is 6.03 Å². The average molecular weight is 310 g/mol. The third-order valence-electron chi connectivity index (χ3n) is 4.29. The summed E-state index contributed by atoms with van der Waals surface area (Å²) in [5, 5.41) is 19.7. The summed E-state index contributed by atoms with van der Waals surface area (Å²) in [6.45, 7) is 4.24. The Hall–Kier alpha value is -1.63. The van der Waals surface area contributed by atoms with Crippen LogP contribution in [-0.4, -0.2) is 40.0 Å². The first-order valence-corrected chi connectivity index (χ1v) is 8.00. The largest absolute Gasteiger partial charge is 0.388 e. The van der Waals surface area contributed by atoms with Gasteiger partial charge in [-0.15, -0.1) is 0 Å². The molecule has 1 aliphatic carbocycles. The molecular formula is C15H26N4O3. The van der Waals surface area contributed by atoms with Gasteiger partial charge in [0.2, 0.25) is 5.89 Å². The van der Waals surface area contributed by atoms with Gasteiger partial charge in [0.25, 0.3) is 0 Å².